The molecule has 0 atom stereocenters. The van der Waals surface area contributed by atoms with Gasteiger partial charge in [-0.05, 0) is 61.1 Å². The maximum absolute atomic E-state index is 13.7. The van der Waals surface area contributed by atoms with Crippen molar-refractivity contribution in [1.82, 2.24) is 14.8 Å². The van der Waals surface area contributed by atoms with E-state index >= 15 is 0 Å². The van der Waals surface area contributed by atoms with Crippen molar-refractivity contribution in [1.29, 1.82) is 0 Å². The van der Waals surface area contributed by atoms with Crippen LogP contribution < -0.4 is 10.1 Å². The maximum Gasteiger partial charge on any atom is 0.257 e. The molecule has 0 saturated carbocycles. The quantitative estimate of drug-likeness (QED) is 0.560. The first kappa shape index (κ1) is 23.5. The molecule has 35 heavy (non-hydrogen) atoms. The number of rotatable bonds is 6. The lowest BCUT2D eigenvalue weighted by Crippen LogP contribution is -2.48. The van der Waals surface area contributed by atoms with Gasteiger partial charge in [-0.3, -0.25) is 19.5 Å². The van der Waals surface area contributed by atoms with Gasteiger partial charge in [0, 0.05) is 50.0 Å². The number of aryl methyl sites for hydroxylation is 1. The molecule has 2 aromatic heterocycles. The van der Waals surface area contributed by atoms with Crippen molar-refractivity contribution >= 4 is 28.2 Å². The number of aromatic nitrogens is 1. The summed E-state index contributed by atoms with van der Waals surface area (Å²) in [6.07, 6.45) is 7.26. The molecule has 2 aliphatic rings. The van der Waals surface area contributed by atoms with E-state index in [9.17, 15) is 9.59 Å². The summed E-state index contributed by atoms with van der Waals surface area (Å²) in [5.74, 6) is 0.666. The molecule has 1 saturated heterocycles. The number of fused-ring (bicyclic) bond motifs is 1. The fourth-order valence-corrected chi connectivity index (χ4v) is 6.09. The molecule has 8 heteroatoms. The third-order valence-corrected chi connectivity index (χ3v) is 7.97. The van der Waals surface area contributed by atoms with Crippen LogP contribution in [0.3, 0.4) is 0 Å². The molecule has 1 N–H and O–H groups in total. The molecule has 3 aromatic rings. The lowest BCUT2D eigenvalue weighted by Gasteiger charge is -2.35. The summed E-state index contributed by atoms with van der Waals surface area (Å²) >= 11 is 1.56. The van der Waals surface area contributed by atoms with Crippen LogP contribution in [0.2, 0.25) is 0 Å². The van der Waals surface area contributed by atoms with Gasteiger partial charge in [0.15, 0.2) is 0 Å². The molecule has 1 fully saturated rings. The van der Waals surface area contributed by atoms with Gasteiger partial charge in [0.25, 0.3) is 11.8 Å². The SMILES string of the molecule is COc1ccc(CN2CCN(C(=O)c3c(NC(=O)c4cccnc4)sc4c3CCCC4)CC2)cc1. The molecular formula is C27H30N4O3S. The molecule has 182 valence electrons. The van der Waals surface area contributed by atoms with Gasteiger partial charge in [0.1, 0.15) is 10.8 Å². The number of carbonyl (C=O) groups is 2. The molecule has 0 spiro atoms. The Morgan fingerprint density at radius 3 is 2.54 bits per heavy atom. The molecule has 1 aliphatic carbocycles. The Labute approximate surface area is 209 Å². The second-order valence-corrected chi connectivity index (χ2v) is 10.1. The van der Waals surface area contributed by atoms with Gasteiger partial charge in [0.05, 0.1) is 18.2 Å². The summed E-state index contributed by atoms with van der Waals surface area (Å²) in [4.78, 5) is 36.2. The van der Waals surface area contributed by atoms with E-state index in [4.69, 9.17) is 4.74 Å². The first-order valence-electron chi connectivity index (χ1n) is 12.1. The molecule has 0 unspecified atom stereocenters. The van der Waals surface area contributed by atoms with Crippen LogP contribution in [-0.4, -0.2) is 59.9 Å². The van der Waals surface area contributed by atoms with Crippen LogP contribution in [0.5, 0.6) is 5.75 Å². The molecule has 1 aliphatic heterocycles. The first-order chi connectivity index (χ1) is 17.1. The smallest absolute Gasteiger partial charge is 0.257 e. The number of hydrogen-bond donors (Lipinski definition) is 1. The highest BCUT2D eigenvalue weighted by Crippen LogP contribution is 2.39. The summed E-state index contributed by atoms with van der Waals surface area (Å²) < 4.78 is 5.25. The predicted molar refractivity (Wildman–Crippen MR) is 137 cm³/mol. The summed E-state index contributed by atoms with van der Waals surface area (Å²) in [5, 5.41) is 3.70. The third kappa shape index (κ3) is 5.23. The topological polar surface area (TPSA) is 74.8 Å². The Bertz CT molecular complexity index is 1190. The number of piperazine rings is 1. The van der Waals surface area contributed by atoms with E-state index < -0.39 is 0 Å². The van der Waals surface area contributed by atoms with Crippen molar-refractivity contribution < 1.29 is 14.3 Å². The molecule has 0 radical (unpaired) electrons. The van der Waals surface area contributed by atoms with Gasteiger partial charge in [-0.25, -0.2) is 0 Å². The number of anilines is 1. The number of benzene rings is 1. The van der Waals surface area contributed by atoms with Gasteiger partial charge in [0.2, 0.25) is 0 Å². The second-order valence-electron chi connectivity index (χ2n) is 9.03. The maximum atomic E-state index is 13.7. The van der Waals surface area contributed by atoms with Crippen LogP contribution in [0.15, 0.2) is 48.8 Å². The van der Waals surface area contributed by atoms with Crippen molar-refractivity contribution in [3.05, 3.63) is 75.9 Å². The predicted octanol–water partition coefficient (Wildman–Crippen LogP) is 4.24. The summed E-state index contributed by atoms with van der Waals surface area (Å²) in [6, 6.07) is 11.6. The van der Waals surface area contributed by atoms with E-state index in [2.05, 4.69) is 27.3 Å². The lowest BCUT2D eigenvalue weighted by atomic mass is 9.95. The van der Waals surface area contributed by atoms with Gasteiger partial charge >= 0.3 is 0 Å². The molecular weight excluding hydrogens is 460 g/mol. The highest BCUT2D eigenvalue weighted by molar-refractivity contribution is 7.17. The molecule has 2 amide bonds. The Morgan fingerprint density at radius 1 is 1.06 bits per heavy atom. The van der Waals surface area contributed by atoms with Gasteiger partial charge in [-0.2, -0.15) is 0 Å². The van der Waals surface area contributed by atoms with Gasteiger partial charge in [-0.1, -0.05) is 12.1 Å². The fraction of sp³-hybridized carbons (Fsp3) is 0.370. The average molecular weight is 491 g/mol. The highest BCUT2D eigenvalue weighted by Gasteiger charge is 2.31. The van der Waals surface area contributed by atoms with Crippen LogP contribution in [0.1, 0.15) is 49.6 Å². The number of carbonyl (C=O) groups excluding carboxylic acids is 2. The largest absolute Gasteiger partial charge is 0.497 e. The third-order valence-electron chi connectivity index (χ3n) is 6.76. The molecule has 3 heterocycles. The Kier molecular flexibility index (Phi) is 7.11. The zero-order valence-electron chi connectivity index (χ0n) is 20.0. The van der Waals surface area contributed by atoms with E-state index in [-0.39, 0.29) is 11.8 Å². The minimum atomic E-state index is -0.227. The van der Waals surface area contributed by atoms with Crippen molar-refractivity contribution in [3.63, 3.8) is 0 Å². The molecule has 0 bridgehead atoms. The zero-order chi connectivity index (χ0) is 24.2. The number of thiophene rings is 1. The summed E-state index contributed by atoms with van der Waals surface area (Å²) in [7, 11) is 1.67. The van der Waals surface area contributed by atoms with Crippen molar-refractivity contribution in [3.8, 4) is 5.75 Å². The number of nitrogens with one attached hydrogen (secondary N) is 1. The molecule has 7 nitrogen and oxygen atoms in total. The lowest BCUT2D eigenvalue weighted by molar-refractivity contribution is 0.0628. The number of pyridine rings is 1. The van der Waals surface area contributed by atoms with E-state index in [1.165, 1.54) is 10.4 Å². The zero-order valence-corrected chi connectivity index (χ0v) is 20.8. The van der Waals surface area contributed by atoms with E-state index in [0.717, 1.165) is 56.6 Å². The number of methoxy groups -OCH3 is 1. The molecule has 1 aromatic carbocycles. The van der Waals surface area contributed by atoms with Crippen LogP contribution in [0.4, 0.5) is 5.00 Å². The highest BCUT2D eigenvalue weighted by atomic mass is 32.1. The standard InChI is InChI=1S/C27H30N4O3S/c1-34-21-10-8-19(9-11-21)18-30-13-15-31(16-14-30)27(33)24-22-6-2-3-7-23(22)35-26(24)29-25(32)20-5-4-12-28-17-20/h4-5,8-12,17H,2-3,6-7,13-16,18H2,1H3,(H,29,32). The van der Waals surface area contributed by atoms with Crippen LogP contribution in [0.25, 0.3) is 0 Å². The van der Waals surface area contributed by atoms with Crippen LogP contribution in [0, 0.1) is 0 Å². The average Bonchev–Trinajstić information content (AvgIpc) is 3.27. The van der Waals surface area contributed by atoms with Crippen molar-refractivity contribution in [2.75, 3.05) is 38.6 Å². The van der Waals surface area contributed by atoms with Gasteiger partial charge < -0.3 is 15.0 Å². The van der Waals surface area contributed by atoms with E-state index in [0.29, 0.717) is 29.2 Å². The van der Waals surface area contributed by atoms with E-state index in [1.807, 2.05) is 17.0 Å². The fourth-order valence-electron chi connectivity index (χ4n) is 4.81. The number of ether oxygens (including phenoxy) is 1. The summed E-state index contributed by atoms with van der Waals surface area (Å²) in [5.41, 5.74) is 3.56. The van der Waals surface area contributed by atoms with E-state index in [1.54, 1.807) is 43.0 Å². The first-order valence-corrected chi connectivity index (χ1v) is 12.9. The monoisotopic (exact) mass is 490 g/mol. The van der Waals surface area contributed by atoms with Gasteiger partial charge in [-0.15, -0.1) is 11.3 Å². The van der Waals surface area contributed by atoms with Crippen LogP contribution in [-0.2, 0) is 19.4 Å². The number of hydrogen-bond acceptors (Lipinski definition) is 6. The number of amides is 2. The van der Waals surface area contributed by atoms with Crippen LogP contribution >= 0.6 is 11.3 Å². The summed E-state index contributed by atoms with van der Waals surface area (Å²) in [6.45, 7) is 3.85. The Hall–Kier alpha value is -3.23. The van der Waals surface area contributed by atoms with Crippen molar-refractivity contribution in [2.45, 2.75) is 32.2 Å². The normalized spacial score (nSPS) is 16.0. The Balaban J connectivity index is 1.29. The second kappa shape index (κ2) is 10.6. The minimum absolute atomic E-state index is 0.0370. The Morgan fingerprint density at radius 2 is 1.83 bits per heavy atom. The minimum Gasteiger partial charge on any atom is -0.497 e. The van der Waals surface area contributed by atoms with Crippen molar-refractivity contribution in [2.24, 2.45) is 0 Å². The number of nitrogens with zero attached hydrogens (tertiary/aromatic N) is 3. The molecule has 5 rings (SSSR count).